The number of hydrogen-bond donors (Lipinski definition) is 0. The molecule has 1 unspecified atom stereocenters. The number of nitriles is 1. The molecule has 0 aromatic heterocycles. The Morgan fingerprint density at radius 2 is 1.83 bits per heavy atom. The van der Waals surface area contributed by atoms with E-state index in [0.717, 1.165) is 0 Å². The van der Waals surface area contributed by atoms with Crippen molar-refractivity contribution in [2.45, 2.75) is 45.4 Å². The second-order valence-corrected chi connectivity index (χ2v) is 4.38. The summed E-state index contributed by atoms with van der Waals surface area (Å²) in [6.07, 6.45) is 6.12. The van der Waals surface area contributed by atoms with Crippen LogP contribution in [-0.4, -0.2) is 6.29 Å². The Labute approximate surface area is 115 Å². The smallest absolute Gasteiger partial charge is 0.141 e. The van der Waals surface area contributed by atoms with E-state index >= 15 is 0 Å². The Balaban J connectivity index is 0.000000411. The Bertz CT molecular complexity index is 380. The van der Waals surface area contributed by atoms with Crippen molar-refractivity contribution < 1.29 is 4.79 Å². The topological polar surface area (TPSA) is 40.9 Å². The molecule has 0 aliphatic heterocycles. The number of hydrogen-bond acceptors (Lipinski definition) is 2. The van der Waals surface area contributed by atoms with E-state index in [4.69, 9.17) is 16.9 Å². The molecule has 0 fully saturated rings. The normalized spacial score (nSPS) is 10.8. The minimum absolute atomic E-state index is 0.455. The SMILES string of the molecule is CCCCCC.N#CC(C=O)c1ccccc1Cl. The van der Waals surface area contributed by atoms with Gasteiger partial charge in [-0.3, -0.25) is 0 Å². The van der Waals surface area contributed by atoms with E-state index in [2.05, 4.69) is 13.8 Å². The second-order valence-electron chi connectivity index (χ2n) is 3.97. The van der Waals surface area contributed by atoms with Crippen LogP contribution in [0.5, 0.6) is 0 Å². The summed E-state index contributed by atoms with van der Waals surface area (Å²) >= 11 is 5.77. The summed E-state index contributed by atoms with van der Waals surface area (Å²) in [5, 5.41) is 9.02. The average Bonchev–Trinajstić information content (AvgIpc) is 2.40. The van der Waals surface area contributed by atoms with Crippen molar-refractivity contribution in [3.8, 4) is 6.07 Å². The van der Waals surface area contributed by atoms with Crippen LogP contribution in [0.2, 0.25) is 5.02 Å². The average molecular weight is 266 g/mol. The molecule has 0 N–H and O–H groups in total. The molecule has 0 saturated heterocycles. The molecule has 0 heterocycles. The van der Waals surface area contributed by atoms with Crippen LogP contribution in [0.4, 0.5) is 0 Å². The summed E-state index contributed by atoms with van der Waals surface area (Å²) in [6.45, 7) is 4.46. The third kappa shape index (κ3) is 6.42. The zero-order valence-electron chi connectivity index (χ0n) is 11.0. The largest absolute Gasteiger partial charge is 0.302 e. The molecule has 98 valence electrons. The van der Waals surface area contributed by atoms with Crippen molar-refractivity contribution in [2.24, 2.45) is 0 Å². The highest BCUT2D eigenvalue weighted by atomic mass is 35.5. The maximum atomic E-state index is 10.4. The third-order valence-electron chi connectivity index (χ3n) is 2.47. The molecule has 0 saturated carbocycles. The van der Waals surface area contributed by atoms with Crippen molar-refractivity contribution >= 4 is 17.9 Å². The van der Waals surface area contributed by atoms with Gasteiger partial charge in [-0.2, -0.15) is 5.26 Å². The quantitative estimate of drug-likeness (QED) is 0.570. The maximum absolute atomic E-state index is 10.4. The predicted molar refractivity (Wildman–Crippen MR) is 75.7 cm³/mol. The van der Waals surface area contributed by atoms with Gasteiger partial charge in [0.1, 0.15) is 12.2 Å². The molecule has 0 spiro atoms. The highest BCUT2D eigenvalue weighted by Gasteiger charge is 2.11. The molecule has 0 radical (unpaired) electrons. The zero-order chi connectivity index (χ0) is 13.8. The summed E-state index contributed by atoms with van der Waals surface area (Å²) in [5.74, 6) is -0.751. The molecular formula is C15H20ClNO. The van der Waals surface area contributed by atoms with E-state index < -0.39 is 5.92 Å². The summed E-state index contributed by atoms with van der Waals surface area (Å²) < 4.78 is 0. The lowest BCUT2D eigenvalue weighted by Gasteiger charge is -2.02. The molecule has 0 amide bonds. The number of halogens is 1. The molecule has 0 aliphatic carbocycles. The molecule has 1 aromatic rings. The van der Waals surface area contributed by atoms with Crippen LogP contribution in [-0.2, 0) is 4.79 Å². The number of carbonyl (C=O) groups is 1. The number of nitrogens with zero attached hydrogens (tertiary/aromatic N) is 1. The van der Waals surface area contributed by atoms with Gasteiger partial charge in [0.05, 0.1) is 6.07 Å². The Morgan fingerprint density at radius 1 is 1.28 bits per heavy atom. The van der Waals surface area contributed by atoms with Crippen molar-refractivity contribution in [1.29, 1.82) is 5.26 Å². The number of rotatable bonds is 5. The molecule has 0 aliphatic rings. The van der Waals surface area contributed by atoms with Crippen LogP contribution < -0.4 is 0 Å². The molecule has 1 atom stereocenters. The van der Waals surface area contributed by atoms with Gasteiger partial charge in [-0.25, -0.2) is 0 Å². The number of aldehydes is 1. The predicted octanol–water partition coefficient (Wildman–Crippen LogP) is 4.73. The van der Waals surface area contributed by atoms with Gasteiger partial charge < -0.3 is 4.79 Å². The van der Waals surface area contributed by atoms with Gasteiger partial charge in [-0.15, -0.1) is 0 Å². The van der Waals surface area contributed by atoms with Gasteiger partial charge >= 0.3 is 0 Å². The Hall–Kier alpha value is -1.33. The molecule has 2 nitrogen and oxygen atoms in total. The van der Waals surface area contributed by atoms with Crippen LogP contribution >= 0.6 is 11.6 Å². The van der Waals surface area contributed by atoms with E-state index in [9.17, 15) is 4.79 Å². The zero-order valence-corrected chi connectivity index (χ0v) is 11.8. The molecule has 0 bridgehead atoms. The van der Waals surface area contributed by atoms with Gasteiger partial charge in [-0.05, 0) is 11.6 Å². The van der Waals surface area contributed by atoms with Crippen LogP contribution in [0, 0.1) is 11.3 Å². The molecule has 1 rings (SSSR count). The van der Waals surface area contributed by atoms with E-state index in [1.807, 2.05) is 6.07 Å². The van der Waals surface area contributed by atoms with Crippen LogP contribution in [0.3, 0.4) is 0 Å². The highest BCUT2D eigenvalue weighted by Crippen LogP contribution is 2.21. The van der Waals surface area contributed by atoms with Gasteiger partial charge in [0.25, 0.3) is 0 Å². The Kier molecular flexibility index (Phi) is 10.0. The summed E-state index contributed by atoms with van der Waals surface area (Å²) in [5.41, 5.74) is 0.566. The Morgan fingerprint density at radius 3 is 2.22 bits per heavy atom. The molecular weight excluding hydrogens is 246 g/mol. The molecule has 3 heteroatoms. The van der Waals surface area contributed by atoms with Gasteiger partial charge in [0.15, 0.2) is 0 Å². The van der Waals surface area contributed by atoms with Crippen molar-refractivity contribution in [3.05, 3.63) is 34.9 Å². The van der Waals surface area contributed by atoms with Gasteiger partial charge in [0, 0.05) is 5.02 Å². The van der Waals surface area contributed by atoms with E-state index in [1.54, 1.807) is 24.3 Å². The van der Waals surface area contributed by atoms with Crippen molar-refractivity contribution in [2.75, 3.05) is 0 Å². The fourth-order valence-corrected chi connectivity index (χ4v) is 1.65. The maximum Gasteiger partial charge on any atom is 0.141 e. The minimum Gasteiger partial charge on any atom is -0.302 e. The van der Waals surface area contributed by atoms with Gasteiger partial charge in [-0.1, -0.05) is 69.3 Å². The molecule has 1 aromatic carbocycles. The first-order valence-electron chi connectivity index (χ1n) is 6.30. The highest BCUT2D eigenvalue weighted by molar-refractivity contribution is 6.31. The first kappa shape index (κ1) is 16.7. The summed E-state index contributed by atoms with van der Waals surface area (Å²) in [6, 6.07) is 8.69. The summed E-state index contributed by atoms with van der Waals surface area (Å²) in [7, 11) is 0. The number of carbonyl (C=O) groups excluding carboxylic acids is 1. The standard InChI is InChI=1S/C9H6ClNO.C6H14/c10-9-4-2-1-3-8(9)7(5-11)6-12;1-3-5-6-4-2/h1-4,6-7H;3-6H2,1-2H3. The lowest BCUT2D eigenvalue weighted by Crippen LogP contribution is -1.96. The lowest BCUT2D eigenvalue weighted by atomic mass is 10.0. The van der Waals surface area contributed by atoms with E-state index in [0.29, 0.717) is 16.9 Å². The van der Waals surface area contributed by atoms with E-state index in [1.165, 1.54) is 25.7 Å². The first-order chi connectivity index (χ1) is 8.71. The minimum atomic E-state index is -0.751. The van der Waals surface area contributed by atoms with Crippen LogP contribution in [0.1, 0.15) is 51.0 Å². The van der Waals surface area contributed by atoms with Crippen molar-refractivity contribution in [3.63, 3.8) is 0 Å². The molecule has 18 heavy (non-hydrogen) atoms. The lowest BCUT2D eigenvalue weighted by molar-refractivity contribution is -0.108. The van der Waals surface area contributed by atoms with Gasteiger partial charge in [0.2, 0.25) is 0 Å². The van der Waals surface area contributed by atoms with Crippen molar-refractivity contribution in [1.82, 2.24) is 0 Å². The van der Waals surface area contributed by atoms with E-state index in [-0.39, 0.29) is 0 Å². The summed E-state index contributed by atoms with van der Waals surface area (Å²) in [4.78, 5) is 10.4. The second kappa shape index (κ2) is 10.8. The van der Waals surface area contributed by atoms with Crippen LogP contribution in [0.25, 0.3) is 0 Å². The number of benzene rings is 1. The van der Waals surface area contributed by atoms with Crippen LogP contribution in [0.15, 0.2) is 24.3 Å². The third-order valence-corrected chi connectivity index (χ3v) is 2.82. The number of unbranched alkanes of at least 4 members (excludes halogenated alkanes) is 3. The monoisotopic (exact) mass is 265 g/mol. The fraction of sp³-hybridized carbons (Fsp3) is 0.467. The fourth-order valence-electron chi connectivity index (χ4n) is 1.40. The first-order valence-corrected chi connectivity index (χ1v) is 6.68.